The molecule has 0 N–H and O–H groups in total. The molecule has 1 aliphatic rings. The lowest BCUT2D eigenvalue weighted by Crippen LogP contribution is -2.38. The van der Waals surface area contributed by atoms with Gasteiger partial charge in [0.2, 0.25) is 0 Å². The fourth-order valence-electron chi connectivity index (χ4n) is 2.52. The second kappa shape index (κ2) is 6.13. The van der Waals surface area contributed by atoms with Gasteiger partial charge in [-0.25, -0.2) is 0 Å². The van der Waals surface area contributed by atoms with Crippen LogP contribution in [0, 0.1) is 21.4 Å². The van der Waals surface area contributed by atoms with Gasteiger partial charge in [0, 0.05) is 24.0 Å². The predicted octanol–water partition coefficient (Wildman–Crippen LogP) is 3.11. The molecule has 1 unspecified atom stereocenters. The standard InChI is InChI=1S/C15H13N3O3S/c16-9-11-3-4-12(13(8-11)18(19)20)17-5-6-21-14(10-17)15-2-1-7-22-15/h1-4,7-8,14H,5-6,10H2. The summed E-state index contributed by atoms with van der Waals surface area (Å²) in [5.41, 5.74) is 0.790. The van der Waals surface area contributed by atoms with Gasteiger partial charge >= 0.3 is 0 Å². The first-order valence-corrected chi connectivity index (χ1v) is 7.65. The highest BCUT2D eigenvalue weighted by molar-refractivity contribution is 7.10. The monoisotopic (exact) mass is 315 g/mol. The predicted molar refractivity (Wildman–Crippen MR) is 83.0 cm³/mol. The lowest BCUT2D eigenvalue weighted by Gasteiger charge is -2.33. The van der Waals surface area contributed by atoms with Gasteiger partial charge in [0.15, 0.2) is 0 Å². The molecule has 22 heavy (non-hydrogen) atoms. The van der Waals surface area contributed by atoms with Crippen LogP contribution in [0.15, 0.2) is 35.7 Å². The molecule has 1 aromatic carbocycles. The Bertz CT molecular complexity index is 724. The normalized spacial score (nSPS) is 18.0. The maximum Gasteiger partial charge on any atom is 0.293 e. The molecule has 1 fully saturated rings. The van der Waals surface area contributed by atoms with Crippen LogP contribution in [0.25, 0.3) is 0 Å². The van der Waals surface area contributed by atoms with Crippen LogP contribution in [0.5, 0.6) is 0 Å². The van der Waals surface area contributed by atoms with Crippen molar-refractivity contribution < 1.29 is 9.66 Å². The molecule has 0 spiro atoms. The Morgan fingerprint density at radius 2 is 2.32 bits per heavy atom. The molecule has 0 saturated carbocycles. The Labute approximate surface area is 131 Å². The maximum atomic E-state index is 11.3. The summed E-state index contributed by atoms with van der Waals surface area (Å²) in [4.78, 5) is 13.9. The number of benzene rings is 1. The smallest absolute Gasteiger partial charge is 0.293 e. The number of nitrogens with zero attached hydrogens (tertiary/aromatic N) is 3. The zero-order valence-corrected chi connectivity index (χ0v) is 12.5. The Hall–Kier alpha value is -2.43. The van der Waals surface area contributed by atoms with Gasteiger partial charge in [-0.1, -0.05) is 6.07 Å². The number of morpholine rings is 1. The molecule has 2 aromatic rings. The molecule has 112 valence electrons. The topological polar surface area (TPSA) is 79.4 Å². The Kier molecular flexibility index (Phi) is 4.04. The van der Waals surface area contributed by atoms with Gasteiger partial charge in [0.05, 0.1) is 23.2 Å². The summed E-state index contributed by atoms with van der Waals surface area (Å²) >= 11 is 1.61. The van der Waals surface area contributed by atoms with Crippen LogP contribution < -0.4 is 4.90 Å². The van der Waals surface area contributed by atoms with Crippen molar-refractivity contribution >= 4 is 22.7 Å². The van der Waals surface area contributed by atoms with Crippen LogP contribution >= 0.6 is 11.3 Å². The molecule has 6 nitrogen and oxygen atoms in total. The summed E-state index contributed by atoms with van der Waals surface area (Å²) in [6, 6.07) is 10.5. The third-order valence-corrected chi connectivity index (χ3v) is 4.53. The highest BCUT2D eigenvalue weighted by atomic mass is 32.1. The quantitative estimate of drug-likeness (QED) is 0.642. The van der Waals surface area contributed by atoms with Crippen LogP contribution in [0.3, 0.4) is 0 Å². The number of hydrogen-bond donors (Lipinski definition) is 0. The molecule has 1 aliphatic heterocycles. The van der Waals surface area contributed by atoms with Crippen molar-refractivity contribution in [3.63, 3.8) is 0 Å². The number of anilines is 1. The third kappa shape index (κ3) is 2.79. The fourth-order valence-corrected chi connectivity index (χ4v) is 3.29. The summed E-state index contributed by atoms with van der Waals surface area (Å²) < 4.78 is 5.77. The summed E-state index contributed by atoms with van der Waals surface area (Å²) in [5.74, 6) is 0. The maximum absolute atomic E-state index is 11.3. The van der Waals surface area contributed by atoms with Crippen molar-refractivity contribution in [3.05, 3.63) is 56.3 Å². The zero-order valence-electron chi connectivity index (χ0n) is 11.6. The zero-order chi connectivity index (χ0) is 15.5. The number of nitro groups is 1. The van der Waals surface area contributed by atoms with E-state index in [-0.39, 0.29) is 11.8 Å². The minimum absolute atomic E-state index is 0.0362. The Balaban J connectivity index is 1.90. The lowest BCUT2D eigenvalue weighted by atomic mass is 10.1. The number of thiophene rings is 1. The number of nitriles is 1. The van der Waals surface area contributed by atoms with E-state index < -0.39 is 4.92 Å². The third-order valence-electron chi connectivity index (χ3n) is 3.57. The molecular formula is C15H13N3O3S. The van der Waals surface area contributed by atoms with Crippen molar-refractivity contribution in [1.29, 1.82) is 5.26 Å². The minimum atomic E-state index is -0.439. The molecule has 7 heteroatoms. The SMILES string of the molecule is N#Cc1ccc(N2CCOC(c3cccs3)C2)c([N+](=O)[O-])c1. The summed E-state index contributed by atoms with van der Waals surface area (Å²) in [5, 5.41) is 22.2. The number of rotatable bonds is 3. The molecule has 1 aromatic heterocycles. The average molecular weight is 315 g/mol. The second-order valence-electron chi connectivity index (χ2n) is 4.89. The minimum Gasteiger partial charge on any atom is -0.369 e. The fraction of sp³-hybridized carbons (Fsp3) is 0.267. The molecule has 2 heterocycles. The number of hydrogen-bond acceptors (Lipinski definition) is 6. The van der Waals surface area contributed by atoms with E-state index in [0.29, 0.717) is 30.9 Å². The Morgan fingerprint density at radius 3 is 3.00 bits per heavy atom. The van der Waals surface area contributed by atoms with E-state index in [9.17, 15) is 10.1 Å². The van der Waals surface area contributed by atoms with Gasteiger partial charge < -0.3 is 9.64 Å². The molecule has 1 saturated heterocycles. The lowest BCUT2D eigenvalue weighted by molar-refractivity contribution is -0.384. The molecule has 0 amide bonds. The van der Waals surface area contributed by atoms with Crippen LogP contribution in [0.2, 0.25) is 0 Å². The van der Waals surface area contributed by atoms with E-state index in [1.165, 1.54) is 6.07 Å². The Morgan fingerprint density at radius 1 is 1.45 bits per heavy atom. The van der Waals surface area contributed by atoms with Crippen LogP contribution in [-0.4, -0.2) is 24.6 Å². The highest BCUT2D eigenvalue weighted by Crippen LogP contribution is 2.34. The average Bonchev–Trinajstić information content (AvgIpc) is 3.09. The van der Waals surface area contributed by atoms with Crippen molar-refractivity contribution in [2.24, 2.45) is 0 Å². The van der Waals surface area contributed by atoms with Crippen molar-refractivity contribution in [2.45, 2.75) is 6.10 Å². The highest BCUT2D eigenvalue weighted by Gasteiger charge is 2.27. The van der Waals surface area contributed by atoms with Crippen LogP contribution in [0.1, 0.15) is 16.5 Å². The van der Waals surface area contributed by atoms with Crippen molar-refractivity contribution in [3.8, 4) is 6.07 Å². The molecule has 1 atom stereocenters. The molecule has 0 aliphatic carbocycles. The molecule has 0 bridgehead atoms. The van der Waals surface area contributed by atoms with E-state index in [1.54, 1.807) is 23.5 Å². The van der Waals surface area contributed by atoms with Gasteiger partial charge in [0.25, 0.3) is 5.69 Å². The molecular weight excluding hydrogens is 302 g/mol. The van der Waals surface area contributed by atoms with Gasteiger partial charge in [0.1, 0.15) is 11.8 Å². The van der Waals surface area contributed by atoms with Crippen LogP contribution in [-0.2, 0) is 4.74 Å². The summed E-state index contributed by atoms with van der Waals surface area (Å²) in [6.45, 7) is 1.67. The van der Waals surface area contributed by atoms with E-state index in [4.69, 9.17) is 10.00 Å². The van der Waals surface area contributed by atoms with E-state index in [0.717, 1.165) is 4.88 Å². The van der Waals surface area contributed by atoms with Gasteiger partial charge in [-0.15, -0.1) is 11.3 Å². The number of ether oxygens (including phenoxy) is 1. The first-order valence-electron chi connectivity index (χ1n) is 6.77. The second-order valence-corrected chi connectivity index (χ2v) is 5.87. The van der Waals surface area contributed by atoms with Gasteiger partial charge in [-0.05, 0) is 23.6 Å². The largest absolute Gasteiger partial charge is 0.369 e. The summed E-state index contributed by atoms with van der Waals surface area (Å²) in [6.07, 6.45) is -0.0796. The van der Waals surface area contributed by atoms with E-state index in [1.807, 2.05) is 28.5 Å². The van der Waals surface area contributed by atoms with Gasteiger partial charge in [-0.2, -0.15) is 5.26 Å². The van der Waals surface area contributed by atoms with E-state index >= 15 is 0 Å². The summed E-state index contributed by atoms with van der Waals surface area (Å²) in [7, 11) is 0. The van der Waals surface area contributed by atoms with Crippen molar-refractivity contribution in [1.82, 2.24) is 0 Å². The first kappa shape index (κ1) is 14.5. The van der Waals surface area contributed by atoms with Gasteiger partial charge in [-0.3, -0.25) is 10.1 Å². The first-order chi connectivity index (χ1) is 10.7. The molecule has 3 rings (SSSR count). The molecule has 0 radical (unpaired) electrons. The number of nitro benzene ring substituents is 1. The van der Waals surface area contributed by atoms with Crippen LogP contribution in [0.4, 0.5) is 11.4 Å². The van der Waals surface area contributed by atoms with Crippen molar-refractivity contribution in [2.75, 3.05) is 24.6 Å². The van der Waals surface area contributed by atoms with E-state index in [2.05, 4.69) is 0 Å².